The number of carbonyl (C=O) groups is 13. The fraction of sp³-hybridized carbons (Fsp3) is 0.706. The molecule has 3 aliphatic heterocycles. The van der Waals surface area contributed by atoms with E-state index in [-0.39, 0.29) is 104 Å². The van der Waals surface area contributed by atoms with Crippen molar-refractivity contribution in [1.82, 2.24) is 26.3 Å². The van der Waals surface area contributed by atoms with E-state index in [9.17, 15) is 82.8 Å². The molecule has 6 amide bonds. The van der Waals surface area contributed by atoms with Crippen LogP contribution in [-0.2, 0) is 71.8 Å². The number of guanidine groups is 1. The van der Waals surface area contributed by atoms with Crippen LogP contribution in [0, 0.1) is 34.5 Å². The quantitative estimate of drug-likeness (QED) is 0.0125. The van der Waals surface area contributed by atoms with E-state index in [0.29, 0.717) is 23.5 Å². The van der Waals surface area contributed by atoms with Gasteiger partial charge in [0.1, 0.15) is 22.6 Å². The van der Waals surface area contributed by atoms with Crippen LogP contribution in [0.1, 0.15) is 287 Å². The fourth-order valence-electron chi connectivity index (χ4n) is 13.7. The second kappa shape index (κ2) is 54.4. The van der Waals surface area contributed by atoms with E-state index in [1.807, 2.05) is 0 Å². The number of aliphatic hydroxyl groups is 1. The minimum Gasteiger partial charge on any atom is -0.481 e. The predicted molar refractivity (Wildman–Crippen MR) is 487 cm³/mol. The fourth-order valence-corrected chi connectivity index (χ4v) is 21.1. The molecule has 37 heteroatoms. The highest BCUT2D eigenvalue weighted by Crippen LogP contribution is 2.44. The lowest BCUT2D eigenvalue weighted by atomic mass is 9.77. The van der Waals surface area contributed by atoms with Crippen molar-refractivity contribution in [3.63, 3.8) is 0 Å². The number of aliphatic imine (C=N–C) groups is 4. The number of fused-ring (bicyclic) bond motifs is 1. The maximum Gasteiger partial charge on any atom is 0.336 e. The van der Waals surface area contributed by atoms with Gasteiger partial charge in [0, 0.05) is 70.9 Å². The molecule has 1 fully saturated rings. The Morgan fingerprint density at radius 1 is 0.566 bits per heavy atom. The summed E-state index contributed by atoms with van der Waals surface area (Å²) in [6.07, 6.45) is 19.0. The molecule has 0 aromatic heterocycles. The molecule has 1 aromatic rings. The van der Waals surface area contributed by atoms with Gasteiger partial charge >= 0.3 is 41.8 Å². The first-order valence-corrected chi connectivity index (χ1v) is 46.4. The third-order valence-corrected chi connectivity index (χ3v) is 26.4. The molecule has 0 saturated carbocycles. The summed E-state index contributed by atoms with van der Waals surface area (Å²) in [5.74, 6) is -15.4. The second-order valence-electron chi connectivity index (χ2n) is 33.7. The Balaban J connectivity index is 0.000000683. The Labute approximate surface area is 746 Å². The van der Waals surface area contributed by atoms with Gasteiger partial charge in [-0.05, 0) is 151 Å². The summed E-state index contributed by atoms with van der Waals surface area (Å²) in [5, 5.41) is 64.0. The second-order valence-corrected chi connectivity index (χ2v) is 42.0. The highest BCUT2D eigenvalue weighted by molar-refractivity contribution is 8.48. The summed E-state index contributed by atoms with van der Waals surface area (Å²) in [4.78, 5) is 190. The average Bonchev–Trinajstić information content (AvgIpc) is 1.02. The zero-order valence-electron chi connectivity index (χ0n) is 73.7. The maximum absolute atomic E-state index is 14.6. The number of esters is 2. The molecule has 0 radical (unpaired) electrons. The Bertz CT molecular complexity index is 3840. The number of rotatable bonds is 54. The van der Waals surface area contributed by atoms with E-state index in [2.05, 4.69) is 74.2 Å². The number of carboxylic acids is 4. The number of methoxy groups -OCH3 is 2. The van der Waals surface area contributed by atoms with Crippen LogP contribution in [0.5, 0.6) is 0 Å². The largest absolute Gasteiger partial charge is 0.481 e. The number of imide groups is 1. The van der Waals surface area contributed by atoms with Crippen molar-refractivity contribution < 1.29 is 102 Å². The van der Waals surface area contributed by atoms with E-state index in [1.54, 1.807) is 53.7 Å². The molecule has 122 heavy (non-hydrogen) atoms. The van der Waals surface area contributed by atoms with Crippen LogP contribution in [0.25, 0.3) is 0 Å². The summed E-state index contributed by atoms with van der Waals surface area (Å²) in [6, 6.07) is 3.04. The Kier molecular flexibility index (Phi) is 48.5. The number of carboxylic acid groups (broad SMARTS) is 4. The Hall–Kier alpha value is -7.45. The van der Waals surface area contributed by atoms with Crippen LogP contribution in [0.15, 0.2) is 44.2 Å². The molecule has 3 aliphatic rings. The van der Waals surface area contributed by atoms with Crippen molar-refractivity contribution in [2.24, 2.45) is 54.5 Å². The molecule has 1 saturated heterocycles. The van der Waals surface area contributed by atoms with Crippen LogP contribution in [-0.4, -0.2) is 210 Å². The van der Waals surface area contributed by atoms with E-state index in [0.717, 1.165) is 62.0 Å². The zero-order valence-corrected chi connectivity index (χ0v) is 78.6. The standard InChI is InChI=1S/C50H74N8O12S3.C35H58N2O9S3/c1-9-10-11-12-13-14-15-16-17-30(4)72-48(71)73-50(7,46(69)70-8)26-33(24-32(41(62)53-29(2)3)25-49(5,6)45(67)68)42(63)57-47-56-39-38(43(64)58-47)54-35(28-52-39)27-51-34-20-18-31(19-21-34)40(61)55-36(44(65)66)22-23-37(59)60;1-9-10-11-12-13-14-15-16-17-24(4)48-33(47)49-35(7,32(44)45-8)22-26(30(41)46-37-27(38)18-19-28(37)39)20-25(29(40)36-23(2)3)21-34(5,6)31(42)43/h18-21,28-30,32-33,36,38,43,51,64H,9-17,22-27H2,1-8H3,(H,53,62)(H,55,61)(H,59,60)(H,65,66)(H,67,68)(H,57,58,63);23-26H,9-22H2,1-8H3,(H,36,40)(H,42,43). The summed E-state index contributed by atoms with van der Waals surface area (Å²) in [6.45, 7) is 24.9. The van der Waals surface area contributed by atoms with Crippen LogP contribution < -0.4 is 26.6 Å². The number of thioether (sulfide) groups is 4. The number of nitrogens with one attached hydrogen (secondary N) is 5. The Morgan fingerprint density at radius 2 is 0.992 bits per heavy atom. The minimum atomic E-state index is -1.55. The number of aliphatic carboxylic acids is 4. The third kappa shape index (κ3) is 39.4. The van der Waals surface area contributed by atoms with E-state index in [4.69, 9.17) is 43.9 Å². The number of thiocarbonyl (C=S) groups is 2. The lowest BCUT2D eigenvalue weighted by Gasteiger charge is -2.33. The molecular weight excluding hydrogens is 1690 g/mol. The van der Waals surface area contributed by atoms with Gasteiger partial charge in [0.05, 0.1) is 49.4 Å². The zero-order chi connectivity index (χ0) is 91.8. The predicted octanol–water partition coefficient (Wildman–Crippen LogP) is 14.1. The summed E-state index contributed by atoms with van der Waals surface area (Å²) >= 11 is 16.7. The number of unbranched alkanes of at least 4 members (excludes halogenated alkanes) is 14. The number of hydrogen-bond acceptors (Lipinski definition) is 28. The topological polar surface area (TPSA) is 464 Å². The number of anilines is 1. The molecule has 684 valence electrons. The summed E-state index contributed by atoms with van der Waals surface area (Å²) in [7, 11) is 2.47. The Morgan fingerprint density at radius 3 is 1.41 bits per heavy atom. The van der Waals surface area contributed by atoms with Gasteiger partial charge in [0.2, 0.25) is 23.7 Å². The van der Waals surface area contributed by atoms with Gasteiger partial charge in [-0.3, -0.25) is 63.0 Å². The van der Waals surface area contributed by atoms with E-state index >= 15 is 0 Å². The lowest BCUT2D eigenvalue weighted by Crippen LogP contribution is -2.47. The molecule has 0 bridgehead atoms. The summed E-state index contributed by atoms with van der Waals surface area (Å²) in [5.41, 5.74) is -1.62. The van der Waals surface area contributed by atoms with Crippen molar-refractivity contribution in [2.45, 2.75) is 327 Å². The molecule has 3 heterocycles. The highest BCUT2D eigenvalue weighted by atomic mass is 32.2. The van der Waals surface area contributed by atoms with Gasteiger partial charge in [-0.1, -0.05) is 178 Å². The van der Waals surface area contributed by atoms with Gasteiger partial charge < -0.3 is 61.1 Å². The van der Waals surface area contributed by atoms with E-state index < -0.39 is 146 Å². The van der Waals surface area contributed by atoms with Gasteiger partial charge in [-0.15, -0.1) is 28.6 Å². The molecule has 1 aromatic carbocycles. The minimum absolute atomic E-state index is 0.0345. The van der Waals surface area contributed by atoms with Crippen molar-refractivity contribution in [3.05, 3.63) is 29.8 Å². The molecule has 0 aliphatic carbocycles. The molecule has 11 unspecified atom stereocenters. The average molecular weight is 1820 g/mol. The van der Waals surface area contributed by atoms with Crippen molar-refractivity contribution in [3.8, 4) is 0 Å². The molecule has 4 rings (SSSR count). The van der Waals surface area contributed by atoms with Crippen LogP contribution in [0.4, 0.5) is 5.69 Å². The molecule has 31 nitrogen and oxygen atoms in total. The third-order valence-electron chi connectivity index (χ3n) is 20.7. The molecule has 10 N–H and O–H groups in total. The summed E-state index contributed by atoms with van der Waals surface area (Å²) < 4.78 is 8.55. The van der Waals surface area contributed by atoms with Crippen LogP contribution in [0.3, 0.4) is 0 Å². The maximum atomic E-state index is 14.6. The number of amidine groups is 1. The number of carbonyl (C=O) groups excluding carboxylic acids is 9. The number of benzene rings is 1. The number of amides is 6. The first-order valence-electron chi connectivity index (χ1n) is 42.2. The number of hydrogen-bond donors (Lipinski definition) is 10. The number of ether oxygens (including phenoxy) is 2. The monoisotopic (exact) mass is 1820 g/mol. The number of nitrogens with zero attached hydrogens (tertiary/aromatic N) is 5. The molecular formula is C85H132N10O21S6. The lowest BCUT2D eigenvalue weighted by molar-refractivity contribution is -0.201. The van der Waals surface area contributed by atoms with Crippen molar-refractivity contribution in [1.29, 1.82) is 0 Å². The van der Waals surface area contributed by atoms with Gasteiger partial charge in [-0.2, -0.15) is 4.99 Å². The smallest absolute Gasteiger partial charge is 0.336 e. The molecule has 11 atom stereocenters. The number of aliphatic hydroxyl groups excluding tert-OH is 1. The number of hydroxylamine groups is 2. The van der Waals surface area contributed by atoms with Gasteiger partial charge in [0.15, 0.2) is 18.1 Å². The normalized spacial score (nSPS) is 17.3. The van der Waals surface area contributed by atoms with Crippen molar-refractivity contribution in [2.75, 3.05) is 26.1 Å². The SMILES string of the molecule is CCCCCCCCCCC(C)SC(=S)SC(C)(CC(CC(CC(C)(C)C(=O)O)C(=O)NC(C)C)C(=O)NC1=NC(O)C2N=C(CNc3ccc(C(=O)NC(CCC(=O)O)C(=O)O)cc3)C=NC2=N1)C(=O)OC.CCCCCCCCCCC(C)SC(=S)SC(C)(CC(CC(CC(C)(C)C(=O)O)C(=O)NC(C)C)C(=O)ON1C(=O)CCC1=O)C(=O)OC. The molecule has 0 spiro atoms. The first kappa shape index (κ1) is 109. The van der Waals surface area contributed by atoms with E-state index in [1.165, 1.54) is 161 Å². The van der Waals surface area contributed by atoms with Gasteiger partial charge in [0.25, 0.3) is 17.7 Å². The van der Waals surface area contributed by atoms with Crippen LogP contribution >= 0.6 is 71.5 Å². The van der Waals surface area contributed by atoms with Crippen molar-refractivity contribution >= 4 is 185 Å². The van der Waals surface area contributed by atoms with Gasteiger partial charge in [-0.25, -0.2) is 19.6 Å². The van der Waals surface area contributed by atoms with Crippen LogP contribution in [0.2, 0.25) is 0 Å². The highest BCUT2D eigenvalue weighted by Gasteiger charge is 2.48. The first-order chi connectivity index (χ1) is 57.2.